The fourth-order valence-electron chi connectivity index (χ4n) is 1.88. The summed E-state index contributed by atoms with van der Waals surface area (Å²) < 4.78 is 0.831. The van der Waals surface area contributed by atoms with E-state index in [0.29, 0.717) is 12.2 Å². The molecular weight excluding hydrogens is 296 g/mol. The summed E-state index contributed by atoms with van der Waals surface area (Å²) in [7, 11) is 0. The summed E-state index contributed by atoms with van der Waals surface area (Å²) in [5.74, 6) is 0. The Morgan fingerprint density at radius 3 is 3.00 bits per heavy atom. The third-order valence-electron chi connectivity index (χ3n) is 2.75. The quantitative estimate of drug-likeness (QED) is 0.588. The van der Waals surface area contributed by atoms with Gasteiger partial charge in [0.05, 0.1) is 32.2 Å². The Kier molecular flexibility index (Phi) is 3.33. The van der Waals surface area contributed by atoms with Crippen molar-refractivity contribution in [2.75, 3.05) is 5.32 Å². The maximum absolute atomic E-state index is 11.2. The van der Waals surface area contributed by atoms with Crippen molar-refractivity contribution in [1.29, 1.82) is 0 Å². The van der Waals surface area contributed by atoms with Crippen LogP contribution in [0.4, 0.5) is 11.4 Å². The van der Waals surface area contributed by atoms with Crippen molar-refractivity contribution in [2.24, 2.45) is 0 Å². The molecule has 1 N–H and O–H groups in total. The number of anilines is 1. The van der Waals surface area contributed by atoms with Gasteiger partial charge in [-0.3, -0.25) is 15.1 Å². The summed E-state index contributed by atoms with van der Waals surface area (Å²) in [6.07, 6.45) is 1.75. The topological polar surface area (TPSA) is 81.0 Å². The van der Waals surface area contributed by atoms with Crippen LogP contribution in [-0.2, 0) is 6.54 Å². The normalized spacial score (nSPS) is 10.8. The minimum Gasteiger partial charge on any atom is -0.374 e. The molecule has 20 heavy (non-hydrogen) atoms. The average molecular weight is 306 g/mol. The first kappa shape index (κ1) is 12.9. The second-order valence-electron chi connectivity index (χ2n) is 4.15. The zero-order valence-corrected chi connectivity index (χ0v) is 12.1. The highest BCUT2D eigenvalue weighted by Crippen LogP contribution is 2.33. The minimum absolute atomic E-state index is 0.0747. The molecule has 0 amide bonds. The SMILES string of the molecule is Cc1nc2cc(NCc3cncs3)c([N+](=O)[O-])cc2s1. The zero-order chi connectivity index (χ0) is 14.1. The molecule has 3 rings (SSSR count). The zero-order valence-electron chi connectivity index (χ0n) is 10.5. The van der Waals surface area contributed by atoms with E-state index in [9.17, 15) is 10.1 Å². The Hall–Kier alpha value is -2.06. The molecule has 0 aliphatic carbocycles. The molecule has 0 atom stereocenters. The summed E-state index contributed by atoms with van der Waals surface area (Å²) >= 11 is 2.96. The summed E-state index contributed by atoms with van der Waals surface area (Å²) in [5.41, 5.74) is 3.08. The lowest BCUT2D eigenvalue weighted by Crippen LogP contribution is -2.01. The molecule has 0 aliphatic heterocycles. The Morgan fingerprint density at radius 1 is 1.45 bits per heavy atom. The maximum Gasteiger partial charge on any atom is 0.293 e. The number of nitrogens with one attached hydrogen (secondary N) is 1. The summed E-state index contributed by atoms with van der Waals surface area (Å²) in [6.45, 7) is 2.40. The molecule has 0 radical (unpaired) electrons. The summed E-state index contributed by atoms with van der Waals surface area (Å²) in [5, 5.41) is 15.2. The van der Waals surface area contributed by atoms with Crippen LogP contribution in [0.1, 0.15) is 9.88 Å². The number of nitro groups is 1. The number of hydrogen-bond donors (Lipinski definition) is 1. The van der Waals surface area contributed by atoms with Gasteiger partial charge in [-0.25, -0.2) is 4.98 Å². The van der Waals surface area contributed by atoms with Gasteiger partial charge in [0.2, 0.25) is 0 Å². The van der Waals surface area contributed by atoms with Crippen LogP contribution in [-0.4, -0.2) is 14.9 Å². The molecule has 2 heterocycles. The first-order valence-corrected chi connectivity index (χ1v) is 7.50. The number of benzene rings is 1. The van der Waals surface area contributed by atoms with Gasteiger partial charge in [0, 0.05) is 17.1 Å². The van der Waals surface area contributed by atoms with Gasteiger partial charge in [0.1, 0.15) is 5.69 Å². The van der Waals surface area contributed by atoms with Gasteiger partial charge >= 0.3 is 0 Å². The molecule has 2 aromatic heterocycles. The highest BCUT2D eigenvalue weighted by atomic mass is 32.1. The number of thiazole rings is 2. The van der Waals surface area contributed by atoms with Crippen LogP contribution >= 0.6 is 22.7 Å². The molecular formula is C12H10N4O2S2. The van der Waals surface area contributed by atoms with Gasteiger partial charge in [-0.05, 0) is 13.0 Å². The Balaban J connectivity index is 1.98. The molecule has 0 spiro atoms. The van der Waals surface area contributed by atoms with Gasteiger partial charge in [-0.2, -0.15) is 0 Å². The first-order valence-electron chi connectivity index (χ1n) is 5.80. The standard InChI is InChI=1S/C12H10N4O2S2/c1-7-15-10-2-9(14-5-8-4-13-6-19-8)11(16(17)18)3-12(10)20-7/h2-4,6,14H,5H2,1H3. The second-order valence-corrected chi connectivity index (χ2v) is 6.35. The van der Waals surface area contributed by atoms with Crippen molar-refractivity contribution in [3.05, 3.63) is 43.8 Å². The molecule has 0 bridgehead atoms. The lowest BCUT2D eigenvalue weighted by atomic mass is 10.2. The van der Waals surface area contributed by atoms with E-state index in [1.165, 1.54) is 22.7 Å². The van der Waals surface area contributed by atoms with Crippen molar-refractivity contribution >= 4 is 44.3 Å². The summed E-state index contributed by atoms with van der Waals surface area (Å²) in [4.78, 5) is 20.2. The molecule has 102 valence electrons. The number of aryl methyl sites for hydroxylation is 1. The predicted octanol–water partition coefficient (Wildman–Crippen LogP) is 3.58. The van der Waals surface area contributed by atoms with Crippen molar-refractivity contribution < 1.29 is 4.92 Å². The highest BCUT2D eigenvalue weighted by molar-refractivity contribution is 7.18. The minimum atomic E-state index is -0.372. The molecule has 0 saturated carbocycles. The number of fused-ring (bicyclic) bond motifs is 1. The van der Waals surface area contributed by atoms with Crippen LogP contribution < -0.4 is 5.32 Å². The van der Waals surface area contributed by atoms with Gasteiger partial charge in [-0.15, -0.1) is 22.7 Å². The van der Waals surface area contributed by atoms with Crippen molar-refractivity contribution in [2.45, 2.75) is 13.5 Å². The van der Waals surface area contributed by atoms with E-state index in [4.69, 9.17) is 0 Å². The van der Waals surface area contributed by atoms with Crippen molar-refractivity contribution in [1.82, 2.24) is 9.97 Å². The molecule has 6 nitrogen and oxygen atoms in total. The van der Waals surface area contributed by atoms with E-state index in [2.05, 4.69) is 15.3 Å². The van der Waals surface area contributed by atoms with Gasteiger partial charge in [-0.1, -0.05) is 0 Å². The van der Waals surface area contributed by atoms with Crippen molar-refractivity contribution in [3.8, 4) is 0 Å². The number of nitro benzene ring substituents is 1. The number of nitrogens with zero attached hydrogens (tertiary/aromatic N) is 3. The van der Waals surface area contributed by atoms with Crippen LogP contribution in [0.15, 0.2) is 23.8 Å². The Bertz CT molecular complexity index is 767. The van der Waals surface area contributed by atoms with E-state index < -0.39 is 0 Å². The average Bonchev–Trinajstić information content (AvgIpc) is 3.02. The molecule has 0 saturated heterocycles. The van der Waals surface area contributed by atoms with Crippen molar-refractivity contribution in [3.63, 3.8) is 0 Å². The molecule has 3 aromatic rings. The monoisotopic (exact) mass is 306 g/mol. The van der Waals surface area contributed by atoms with Crippen LogP contribution in [0.2, 0.25) is 0 Å². The van der Waals surface area contributed by atoms with E-state index in [1.807, 2.05) is 6.92 Å². The molecule has 0 aliphatic rings. The van der Waals surface area contributed by atoms with Crippen LogP contribution in [0.3, 0.4) is 0 Å². The van der Waals surface area contributed by atoms with Crippen LogP contribution in [0, 0.1) is 17.0 Å². The lowest BCUT2D eigenvalue weighted by Gasteiger charge is -2.05. The smallest absolute Gasteiger partial charge is 0.293 e. The largest absolute Gasteiger partial charge is 0.374 e. The van der Waals surface area contributed by atoms with E-state index >= 15 is 0 Å². The Labute approximate surface area is 122 Å². The Morgan fingerprint density at radius 2 is 2.30 bits per heavy atom. The van der Waals surface area contributed by atoms with Gasteiger partial charge in [0.15, 0.2) is 0 Å². The molecule has 0 fully saturated rings. The lowest BCUT2D eigenvalue weighted by molar-refractivity contribution is -0.383. The fourth-order valence-corrected chi connectivity index (χ4v) is 3.26. The maximum atomic E-state index is 11.2. The van der Waals surface area contributed by atoms with E-state index in [-0.39, 0.29) is 10.6 Å². The first-order chi connectivity index (χ1) is 9.63. The number of aromatic nitrogens is 2. The van der Waals surface area contributed by atoms with Crippen LogP contribution in [0.5, 0.6) is 0 Å². The van der Waals surface area contributed by atoms with E-state index in [0.717, 1.165) is 20.1 Å². The number of hydrogen-bond acceptors (Lipinski definition) is 7. The predicted molar refractivity (Wildman–Crippen MR) is 80.5 cm³/mol. The van der Waals surface area contributed by atoms with E-state index in [1.54, 1.807) is 23.8 Å². The second kappa shape index (κ2) is 5.14. The summed E-state index contributed by atoms with van der Waals surface area (Å²) in [6, 6.07) is 3.31. The molecule has 1 aromatic carbocycles. The third kappa shape index (κ3) is 2.47. The molecule has 0 unspecified atom stereocenters. The fraction of sp³-hybridized carbons (Fsp3) is 0.167. The highest BCUT2D eigenvalue weighted by Gasteiger charge is 2.17. The molecule has 8 heteroatoms. The van der Waals surface area contributed by atoms with Gasteiger partial charge in [0.25, 0.3) is 5.69 Å². The number of rotatable bonds is 4. The third-order valence-corrected chi connectivity index (χ3v) is 4.46. The van der Waals surface area contributed by atoms with Gasteiger partial charge < -0.3 is 5.32 Å². The van der Waals surface area contributed by atoms with Crippen LogP contribution in [0.25, 0.3) is 10.2 Å².